The fourth-order valence-electron chi connectivity index (χ4n) is 2.96. The number of amides is 1. The molecule has 1 aliphatic heterocycles. The topological polar surface area (TPSA) is 78.8 Å². The number of nitrogens with zero attached hydrogens (tertiary/aromatic N) is 2. The maximum atomic E-state index is 13.0. The molecule has 148 valence electrons. The van der Waals surface area contributed by atoms with E-state index in [9.17, 15) is 17.6 Å². The summed E-state index contributed by atoms with van der Waals surface area (Å²) >= 11 is 3.37. The summed E-state index contributed by atoms with van der Waals surface area (Å²) in [6.07, 6.45) is 2.36. The fourth-order valence-corrected chi connectivity index (χ4v) is 4.85. The molecule has 0 atom stereocenters. The molecule has 1 heterocycles. The van der Waals surface area contributed by atoms with Gasteiger partial charge in [-0.05, 0) is 54.8 Å². The number of piperidine rings is 1. The lowest BCUT2D eigenvalue weighted by atomic mass is 9.98. The van der Waals surface area contributed by atoms with Gasteiger partial charge in [0.05, 0.1) is 11.1 Å². The Bertz CT molecular complexity index is 972. The van der Waals surface area contributed by atoms with Crippen LogP contribution in [-0.4, -0.2) is 37.9 Å². The van der Waals surface area contributed by atoms with E-state index < -0.39 is 15.8 Å². The van der Waals surface area contributed by atoms with Crippen LogP contribution < -0.4 is 5.43 Å². The van der Waals surface area contributed by atoms with Crippen molar-refractivity contribution in [2.24, 2.45) is 11.0 Å². The zero-order valence-electron chi connectivity index (χ0n) is 14.9. The van der Waals surface area contributed by atoms with Crippen LogP contribution in [0.3, 0.4) is 0 Å². The van der Waals surface area contributed by atoms with Crippen LogP contribution in [-0.2, 0) is 14.8 Å². The van der Waals surface area contributed by atoms with E-state index in [0.29, 0.717) is 12.8 Å². The minimum atomic E-state index is -3.68. The Kier molecular flexibility index (Phi) is 6.58. The highest BCUT2D eigenvalue weighted by atomic mass is 79.9. The van der Waals surface area contributed by atoms with Crippen LogP contribution in [0.2, 0.25) is 0 Å². The predicted octanol–water partition coefficient (Wildman–Crippen LogP) is 3.14. The number of halogens is 2. The Morgan fingerprint density at radius 3 is 2.50 bits per heavy atom. The van der Waals surface area contributed by atoms with Gasteiger partial charge in [0.2, 0.25) is 15.9 Å². The Labute approximate surface area is 171 Å². The second-order valence-corrected chi connectivity index (χ2v) is 9.28. The van der Waals surface area contributed by atoms with Gasteiger partial charge in [0.15, 0.2) is 0 Å². The molecule has 0 aliphatic carbocycles. The second kappa shape index (κ2) is 8.93. The molecule has 0 spiro atoms. The van der Waals surface area contributed by atoms with E-state index in [-0.39, 0.29) is 29.8 Å². The van der Waals surface area contributed by atoms with Crippen molar-refractivity contribution >= 4 is 38.1 Å². The van der Waals surface area contributed by atoms with Crippen molar-refractivity contribution in [1.82, 2.24) is 9.73 Å². The van der Waals surface area contributed by atoms with E-state index in [0.717, 1.165) is 22.2 Å². The van der Waals surface area contributed by atoms with Crippen LogP contribution in [0.1, 0.15) is 18.4 Å². The predicted molar refractivity (Wildman–Crippen MR) is 108 cm³/mol. The van der Waals surface area contributed by atoms with Gasteiger partial charge >= 0.3 is 0 Å². The van der Waals surface area contributed by atoms with Crippen molar-refractivity contribution in [3.63, 3.8) is 0 Å². The van der Waals surface area contributed by atoms with E-state index in [2.05, 4.69) is 26.5 Å². The minimum absolute atomic E-state index is 0.0513. The molecule has 9 heteroatoms. The second-order valence-electron chi connectivity index (χ2n) is 6.42. The van der Waals surface area contributed by atoms with Crippen molar-refractivity contribution in [2.45, 2.75) is 17.7 Å². The molecule has 2 aromatic rings. The molecule has 2 aromatic carbocycles. The number of carbonyl (C=O) groups excluding carboxylic acids is 1. The number of rotatable bonds is 5. The summed E-state index contributed by atoms with van der Waals surface area (Å²) in [5, 5.41) is 3.97. The standard InChI is InChI=1S/C19H19BrFN3O3S/c20-16-3-1-2-14(12-16)13-22-23-19(25)15-8-10-24(11-9-15)28(26,27)18-6-4-17(21)5-7-18/h1-7,12-13,15H,8-11H2,(H,23,25)/b22-13-. The summed E-state index contributed by atoms with van der Waals surface area (Å²) in [5.74, 6) is -1.03. The summed E-state index contributed by atoms with van der Waals surface area (Å²) in [5.41, 5.74) is 3.36. The number of carbonyl (C=O) groups is 1. The highest BCUT2D eigenvalue weighted by Gasteiger charge is 2.32. The number of hydrogen-bond acceptors (Lipinski definition) is 4. The van der Waals surface area contributed by atoms with Gasteiger partial charge in [-0.25, -0.2) is 18.2 Å². The Morgan fingerprint density at radius 2 is 1.86 bits per heavy atom. The van der Waals surface area contributed by atoms with Crippen molar-refractivity contribution in [2.75, 3.05) is 13.1 Å². The molecule has 0 saturated carbocycles. The third-order valence-corrected chi connectivity index (χ3v) is 6.92. The first kappa shape index (κ1) is 20.6. The van der Waals surface area contributed by atoms with Crippen LogP contribution in [0.4, 0.5) is 4.39 Å². The average molecular weight is 468 g/mol. The van der Waals surface area contributed by atoms with Crippen LogP contribution >= 0.6 is 15.9 Å². The lowest BCUT2D eigenvalue weighted by Crippen LogP contribution is -2.42. The van der Waals surface area contributed by atoms with Gasteiger partial charge in [-0.3, -0.25) is 4.79 Å². The van der Waals surface area contributed by atoms with Crippen molar-refractivity contribution in [3.05, 3.63) is 64.4 Å². The molecule has 1 N–H and O–H groups in total. The van der Waals surface area contributed by atoms with Crippen molar-refractivity contribution < 1.29 is 17.6 Å². The highest BCUT2D eigenvalue weighted by Crippen LogP contribution is 2.24. The molecule has 6 nitrogen and oxygen atoms in total. The zero-order valence-corrected chi connectivity index (χ0v) is 17.3. The van der Waals surface area contributed by atoms with Gasteiger partial charge in [0, 0.05) is 23.5 Å². The number of nitrogens with one attached hydrogen (secondary N) is 1. The van der Waals surface area contributed by atoms with E-state index in [1.807, 2.05) is 24.3 Å². The molecule has 1 saturated heterocycles. The van der Waals surface area contributed by atoms with Crippen molar-refractivity contribution in [3.8, 4) is 0 Å². The number of hydrazone groups is 1. The molecule has 28 heavy (non-hydrogen) atoms. The molecule has 0 radical (unpaired) electrons. The molecule has 0 bridgehead atoms. The minimum Gasteiger partial charge on any atom is -0.273 e. The lowest BCUT2D eigenvalue weighted by molar-refractivity contribution is -0.126. The molecular weight excluding hydrogens is 449 g/mol. The highest BCUT2D eigenvalue weighted by molar-refractivity contribution is 9.10. The van der Waals surface area contributed by atoms with Gasteiger partial charge < -0.3 is 0 Å². The summed E-state index contributed by atoms with van der Waals surface area (Å²) in [6.45, 7) is 0.459. The van der Waals surface area contributed by atoms with Crippen LogP contribution in [0.5, 0.6) is 0 Å². The van der Waals surface area contributed by atoms with E-state index in [4.69, 9.17) is 0 Å². The van der Waals surface area contributed by atoms with Gasteiger partial charge in [-0.1, -0.05) is 28.1 Å². The van der Waals surface area contributed by atoms with Gasteiger partial charge in [-0.2, -0.15) is 9.41 Å². The lowest BCUT2D eigenvalue weighted by Gasteiger charge is -2.30. The summed E-state index contributed by atoms with van der Waals surface area (Å²) in [6, 6.07) is 12.2. The van der Waals surface area contributed by atoms with E-state index in [1.165, 1.54) is 16.4 Å². The monoisotopic (exact) mass is 467 g/mol. The van der Waals surface area contributed by atoms with Gasteiger partial charge in [-0.15, -0.1) is 0 Å². The molecular formula is C19H19BrFN3O3S. The summed E-state index contributed by atoms with van der Waals surface area (Å²) < 4.78 is 40.5. The maximum Gasteiger partial charge on any atom is 0.243 e. The van der Waals surface area contributed by atoms with E-state index >= 15 is 0 Å². The Balaban J connectivity index is 1.54. The fraction of sp³-hybridized carbons (Fsp3) is 0.263. The molecule has 3 rings (SSSR count). The molecule has 0 aromatic heterocycles. The summed E-state index contributed by atoms with van der Waals surface area (Å²) in [4.78, 5) is 12.3. The smallest absolute Gasteiger partial charge is 0.243 e. The van der Waals surface area contributed by atoms with Crippen LogP contribution in [0.25, 0.3) is 0 Å². The first-order chi connectivity index (χ1) is 13.4. The van der Waals surface area contributed by atoms with Crippen LogP contribution in [0.15, 0.2) is 63.0 Å². The third kappa shape index (κ3) is 5.03. The average Bonchev–Trinajstić information content (AvgIpc) is 2.68. The first-order valence-electron chi connectivity index (χ1n) is 8.70. The number of benzene rings is 2. The van der Waals surface area contributed by atoms with E-state index in [1.54, 1.807) is 6.21 Å². The van der Waals surface area contributed by atoms with Gasteiger partial charge in [0.25, 0.3) is 0 Å². The molecule has 1 fully saturated rings. The normalized spacial score (nSPS) is 16.4. The molecule has 0 unspecified atom stereocenters. The SMILES string of the molecule is O=C(N/N=C\c1cccc(Br)c1)C1CCN(S(=O)(=O)c2ccc(F)cc2)CC1. The van der Waals surface area contributed by atoms with Crippen molar-refractivity contribution in [1.29, 1.82) is 0 Å². The molecule has 1 aliphatic rings. The number of sulfonamides is 1. The zero-order chi connectivity index (χ0) is 20.1. The summed E-state index contributed by atoms with van der Waals surface area (Å²) in [7, 11) is -3.68. The Morgan fingerprint density at radius 1 is 1.18 bits per heavy atom. The van der Waals surface area contributed by atoms with Gasteiger partial charge in [0.1, 0.15) is 5.82 Å². The Hall–Kier alpha value is -2.10. The third-order valence-electron chi connectivity index (χ3n) is 4.51. The largest absolute Gasteiger partial charge is 0.273 e. The number of hydrogen-bond donors (Lipinski definition) is 1. The maximum absolute atomic E-state index is 13.0. The molecule has 1 amide bonds. The quantitative estimate of drug-likeness (QED) is 0.541. The first-order valence-corrected chi connectivity index (χ1v) is 10.9. The van der Waals surface area contributed by atoms with Crippen LogP contribution in [0, 0.1) is 11.7 Å².